The third-order valence-corrected chi connectivity index (χ3v) is 4.60. The van der Waals surface area contributed by atoms with Crippen molar-refractivity contribution in [1.29, 1.82) is 0 Å². The highest BCUT2D eigenvalue weighted by atomic mass is 35.5. The summed E-state index contributed by atoms with van der Waals surface area (Å²) in [4.78, 5) is 12.2. The molecule has 1 atom stereocenters. The van der Waals surface area contributed by atoms with Gasteiger partial charge in [0, 0.05) is 10.6 Å². The van der Waals surface area contributed by atoms with Gasteiger partial charge in [-0.1, -0.05) is 29.8 Å². The van der Waals surface area contributed by atoms with Crippen LogP contribution >= 0.6 is 11.6 Å². The van der Waals surface area contributed by atoms with Crippen LogP contribution in [0.2, 0.25) is 5.02 Å². The molecule has 0 aromatic heterocycles. The van der Waals surface area contributed by atoms with Crippen LogP contribution in [0.15, 0.2) is 47.4 Å². The van der Waals surface area contributed by atoms with E-state index in [0.29, 0.717) is 10.6 Å². The lowest BCUT2D eigenvalue weighted by atomic mass is 10.1. The Hall–Kier alpha value is -2.09. The molecule has 0 aliphatic heterocycles. The maximum absolute atomic E-state index is 12.4. The quantitative estimate of drug-likeness (QED) is 0.817. The molecule has 2 rings (SSSR count). The van der Waals surface area contributed by atoms with E-state index in [4.69, 9.17) is 26.2 Å². The van der Waals surface area contributed by atoms with E-state index in [1.54, 1.807) is 31.2 Å². The second-order valence-electron chi connectivity index (χ2n) is 4.98. The lowest BCUT2D eigenvalue weighted by molar-refractivity contribution is 0.0334. The second kappa shape index (κ2) is 7.21. The zero-order valence-corrected chi connectivity index (χ0v) is 14.6. The molecule has 24 heavy (non-hydrogen) atoms. The number of hydrogen-bond acceptors (Lipinski definition) is 5. The van der Waals surface area contributed by atoms with Crippen LogP contribution in [0.1, 0.15) is 28.9 Å². The Balaban J connectivity index is 2.34. The van der Waals surface area contributed by atoms with Crippen LogP contribution in [-0.2, 0) is 14.8 Å². The van der Waals surface area contributed by atoms with Crippen LogP contribution in [0.5, 0.6) is 5.75 Å². The number of sulfonamides is 1. The first kappa shape index (κ1) is 18.3. The van der Waals surface area contributed by atoms with Crippen LogP contribution in [0.4, 0.5) is 0 Å². The molecular weight excluding hydrogens is 354 g/mol. The number of rotatable bonds is 5. The van der Waals surface area contributed by atoms with Gasteiger partial charge in [-0.2, -0.15) is 0 Å². The number of carbonyl (C=O) groups excluding carboxylic acids is 1. The molecule has 0 amide bonds. The summed E-state index contributed by atoms with van der Waals surface area (Å²) in [7, 11) is -2.59. The third kappa shape index (κ3) is 4.05. The second-order valence-corrected chi connectivity index (χ2v) is 6.94. The smallest absolute Gasteiger partial charge is 0.342 e. The van der Waals surface area contributed by atoms with Gasteiger partial charge in [0.1, 0.15) is 17.4 Å². The molecule has 0 saturated carbocycles. The average molecular weight is 370 g/mol. The zero-order chi connectivity index (χ0) is 17.9. The van der Waals surface area contributed by atoms with Crippen molar-refractivity contribution in [3.63, 3.8) is 0 Å². The molecule has 0 fully saturated rings. The Kier molecular flexibility index (Phi) is 5.48. The van der Waals surface area contributed by atoms with E-state index < -0.39 is 22.1 Å². The molecule has 0 saturated heterocycles. The molecule has 128 valence electrons. The molecule has 8 heteroatoms. The standard InChI is InChI=1S/C16H16ClNO5S/c1-10(12-5-3-4-6-14(12)17)23-16(19)13-9-11(24(18,20)21)7-8-15(13)22-2/h3-10H,1-2H3,(H2,18,20,21)/t10-/m0/s1. The Morgan fingerprint density at radius 1 is 1.21 bits per heavy atom. The van der Waals surface area contributed by atoms with Crippen molar-refractivity contribution in [1.82, 2.24) is 0 Å². The number of esters is 1. The molecule has 2 aromatic carbocycles. The fourth-order valence-electron chi connectivity index (χ4n) is 2.12. The summed E-state index contributed by atoms with van der Waals surface area (Å²) in [5.74, 6) is -0.566. The largest absolute Gasteiger partial charge is 0.496 e. The van der Waals surface area contributed by atoms with Crippen molar-refractivity contribution in [2.24, 2.45) is 5.14 Å². The molecule has 0 bridgehead atoms. The third-order valence-electron chi connectivity index (χ3n) is 3.35. The lowest BCUT2D eigenvalue weighted by Crippen LogP contribution is -2.15. The maximum Gasteiger partial charge on any atom is 0.342 e. The topological polar surface area (TPSA) is 95.7 Å². The number of hydrogen-bond donors (Lipinski definition) is 1. The highest BCUT2D eigenvalue weighted by Gasteiger charge is 2.21. The van der Waals surface area contributed by atoms with E-state index in [1.807, 2.05) is 0 Å². The van der Waals surface area contributed by atoms with E-state index in [0.717, 1.165) is 6.07 Å². The fourth-order valence-corrected chi connectivity index (χ4v) is 2.95. The van der Waals surface area contributed by atoms with Crippen molar-refractivity contribution in [3.05, 3.63) is 58.6 Å². The van der Waals surface area contributed by atoms with Gasteiger partial charge in [0.25, 0.3) is 0 Å². The van der Waals surface area contributed by atoms with Gasteiger partial charge in [-0.25, -0.2) is 18.4 Å². The molecule has 2 N–H and O–H groups in total. The number of methoxy groups -OCH3 is 1. The van der Waals surface area contributed by atoms with Crippen molar-refractivity contribution in [2.75, 3.05) is 7.11 Å². The fraction of sp³-hybridized carbons (Fsp3) is 0.188. The monoisotopic (exact) mass is 369 g/mol. The predicted molar refractivity (Wildman–Crippen MR) is 89.6 cm³/mol. The van der Waals surface area contributed by atoms with Crippen LogP contribution in [0.25, 0.3) is 0 Å². The van der Waals surface area contributed by atoms with Gasteiger partial charge in [0.15, 0.2) is 0 Å². The van der Waals surface area contributed by atoms with E-state index in [2.05, 4.69) is 0 Å². The first-order valence-corrected chi connectivity index (χ1v) is 8.82. The van der Waals surface area contributed by atoms with Gasteiger partial charge >= 0.3 is 5.97 Å². The number of carbonyl (C=O) groups is 1. The lowest BCUT2D eigenvalue weighted by Gasteiger charge is -2.16. The summed E-state index contributed by atoms with van der Waals surface area (Å²) in [6.07, 6.45) is -0.631. The highest BCUT2D eigenvalue weighted by molar-refractivity contribution is 7.89. The number of nitrogens with two attached hydrogens (primary N) is 1. The van der Waals surface area contributed by atoms with Crippen LogP contribution in [0, 0.1) is 0 Å². The van der Waals surface area contributed by atoms with E-state index in [1.165, 1.54) is 19.2 Å². The summed E-state index contributed by atoms with van der Waals surface area (Å²) in [6.45, 7) is 1.66. The summed E-state index contributed by atoms with van der Waals surface area (Å²) < 4.78 is 33.4. The van der Waals surface area contributed by atoms with E-state index in [9.17, 15) is 13.2 Å². The molecule has 0 spiro atoms. The molecule has 0 aliphatic rings. The van der Waals surface area contributed by atoms with E-state index in [-0.39, 0.29) is 16.2 Å². The summed E-state index contributed by atoms with van der Waals surface area (Å²) >= 11 is 6.08. The molecule has 0 unspecified atom stereocenters. The molecule has 2 aromatic rings. The molecule has 0 aliphatic carbocycles. The minimum atomic E-state index is -3.96. The molecular formula is C16H16ClNO5S. The predicted octanol–water partition coefficient (Wildman–Crippen LogP) is 2.91. The van der Waals surface area contributed by atoms with Gasteiger partial charge in [-0.15, -0.1) is 0 Å². The Morgan fingerprint density at radius 2 is 1.88 bits per heavy atom. The van der Waals surface area contributed by atoms with Crippen LogP contribution in [0.3, 0.4) is 0 Å². The normalized spacial score (nSPS) is 12.5. The minimum Gasteiger partial charge on any atom is -0.496 e. The van der Waals surface area contributed by atoms with Gasteiger partial charge in [-0.3, -0.25) is 0 Å². The zero-order valence-electron chi connectivity index (χ0n) is 13.0. The summed E-state index contributed by atoms with van der Waals surface area (Å²) in [6, 6.07) is 10.7. The van der Waals surface area contributed by atoms with Crippen molar-refractivity contribution in [2.45, 2.75) is 17.9 Å². The summed E-state index contributed by atoms with van der Waals surface area (Å²) in [5.41, 5.74) is 0.594. The highest BCUT2D eigenvalue weighted by Crippen LogP contribution is 2.28. The SMILES string of the molecule is COc1ccc(S(N)(=O)=O)cc1C(=O)O[C@@H](C)c1ccccc1Cl. The van der Waals surface area contributed by atoms with Gasteiger partial charge < -0.3 is 9.47 Å². The Labute approximate surface area is 145 Å². The van der Waals surface area contributed by atoms with Crippen LogP contribution in [-0.4, -0.2) is 21.5 Å². The van der Waals surface area contributed by atoms with Crippen molar-refractivity contribution < 1.29 is 22.7 Å². The molecule has 6 nitrogen and oxygen atoms in total. The molecule has 0 heterocycles. The first-order valence-electron chi connectivity index (χ1n) is 6.90. The van der Waals surface area contributed by atoms with Gasteiger partial charge in [0.05, 0.1) is 12.0 Å². The Morgan fingerprint density at radius 3 is 2.46 bits per heavy atom. The first-order chi connectivity index (χ1) is 11.2. The number of benzene rings is 2. The van der Waals surface area contributed by atoms with Crippen LogP contribution < -0.4 is 9.88 Å². The minimum absolute atomic E-state index is 0.0390. The van der Waals surface area contributed by atoms with Gasteiger partial charge in [-0.05, 0) is 31.2 Å². The summed E-state index contributed by atoms with van der Waals surface area (Å²) in [5, 5.41) is 5.55. The van der Waals surface area contributed by atoms with Crippen molar-refractivity contribution in [3.8, 4) is 5.75 Å². The number of halogens is 1. The number of ether oxygens (including phenoxy) is 2. The Bertz CT molecular complexity index is 867. The molecule has 0 radical (unpaired) electrons. The van der Waals surface area contributed by atoms with Gasteiger partial charge in [0.2, 0.25) is 10.0 Å². The number of primary sulfonamides is 1. The van der Waals surface area contributed by atoms with E-state index >= 15 is 0 Å². The maximum atomic E-state index is 12.4. The average Bonchev–Trinajstić information content (AvgIpc) is 2.53. The van der Waals surface area contributed by atoms with Crippen molar-refractivity contribution >= 4 is 27.6 Å².